The first-order chi connectivity index (χ1) is 7.91. The molecule has 0 radical (unpaired) electrons. The molecule has 1 atom stereocenters. The molecular formula is C11H15FN2O3. The van der Waals surface area contributed by atoms with Crippen LogP contribution in [0.3, 0.4) is 0 Å². The van der Waals surface area contributed by atoms with E-state index in [1.807, 2.05) is 0 Å². The van der Waals surface area contributed by atoms with Crippen LogP contribution < -0.4 is 4.90 Å². The summed E-state index contributed by atoms with van der Waals surface area (Å²) >= 11 is 0. The minimum absolute atomic E-state index is 0.139. The van der Waals surface area contributed by atoms with Gasteiger partial charge in [0.25, 0.3) is 5.69 Å². The van der Waals surface area contributed by atoms with Gasteiger partial charge in [-0.15, -0.1) is 0 Å². The molecular weight excluding hydrogens is 227 g/mol. The lowest BCUT2D eigenvalue weighted by molar-refractivity contribution is -0.384. The van der Waals surface area contributed by atoms with Crippen molar-refractivity contribution in [3.05, 3.63) is 34.1 Å². The number of aliphatic hydroxyl groups is 1. The van der Waals surface area contributed by atoms with Crippen LogP contribution in [0.15, 0.2) is 18.2 Å². The van der Waals surface area contributed by atoms with Crippen LogP contribution in [0.1, 0.15) is 13.3 Å². The predicted octanol–water partition coefficient (Wildman–Crippen LogP) is 1.94. The van der Waals surface area contributed by atoms with Crippen molar-refractivity contribution in [1.29, 1.82) is 0 Å². The van der Waals surface area contributed by atoms with E-state index in [0.29, 0.717) is 13.0 Å². The summed E-state index contributed by atoms with van der Waals surface area (Å²) in [5.41, 5.74) is 0.0788. The maximum absolute atomic E-state index is 13.1. The molecule has 0 saturated carbocycles. The highest BCUT2D eigenvalue weighted by molar-refractivity contribution is 5.62. The molecule has 1 aromatic carbocycles. The summed E-state index contributed by atoms with van der Waals surface area (Å²) in [6.45, 7) is 2.05. The first-order valence-electron chi connectivity index (χ1n) is 5.25. The highest BCUT2D eigenvalue weighted by Gasteiger charge is 2.17. The number of hydrogen-bond acceptors (Lipinski definition) is 4. The van der Waals surface area contributed by atoms with E-state index >= 15 is 0 Å². The van der Waals surface area contributed by atoms with E-state index in [-0.39, 0.29) is 11.4 Å². The quantitative estimate of drug-likeness (QED) is 0.633. The van der Waals surface area contributed by atoms with E-state index in [4.69, 9.17) is 5.11 Å². The largest absolute Gasteiger partial charge is 0.393 e. The number of nitro benzene ring substituents is 1. The number of hydrogen-bond donors (Lipinski definition) is 1. The van der Waals surface area contributed by atoms with Crippen molar-refractivity contribution in [2.75, 3.05) is 18.5 Å². The number of benzene rings is 1. The molecule has 6 heteroatoms. The van der Waals surface area contributed by atoms with E-state index in [9.17, 15) is 14.5 Å². The first kappa shape index (κ1) is 13.4. The lowest BCUT2D eigenvalue weighted by Gasteiger charge is -2.19. The zero-order valence-corrected chi connectivity index (χ0v) is 9.76. The summed E-state index contributed by atoms with van der Waals surface area (Å²) in [5, 5.41) is 19.9. The third kappa shape index (κ3) is 3.67. The minimum Gasteiger partial charge on any atom is -0.393 e. The van der Waals surface area contributed by atoms with Crippen molar-refractivity contribution in [2.45, 2.75) is 19.4 Å². The van der Waals surface area contributed by atoms with E-state index in [1.165, 1.54) is 0 Å². The van der Waals surface area contributed by atoms with Crippen LogP contribution in [0.4, 0.5) is 15.8 Å². The molecule has 1 N–H and O–H groups in total. The highest BCUT2D eigenvalue weighted by Crippen LogP contribution is 2.28. The molecule has 5 nitrogen and oxygen atoms in total. The molecule has 0 bridgehead atoms. The molecule has 0 spiro atoms. The molecule has 0 fully saturated rings. The Morgan fingerprint density at radius 3 is 2.76 bits per heavy atom. The molecule has 0 aliphatic carbocycles. The third-order valence-corrected chi connectivity index (χ3v) is 2.43. The van der Waals surface area contributed by atoms with E-state index in [1.54, 1.807) is 18.9 Å². The molecule has 1 unspecified atom stereocenters. The summed E-state index contributed by atoms with van der Waals surface area (Å²) in [4.78, 5) is 11.8. The Kier molecular flexibility index (Phi) is 4.39. The van der Waals surface area contributed by atoms with Gasteiger partial charge in [-0.1, -0.05) is 0 Å². The van der Waals surface area contributed by atoms with Crippen LogP contribution in [0.2, 0.25) is 0 Å². The van der Waals surface area contributed by atoms with E-state index in [0.717, 1.165) is 18.2 Å². The Bertz CT molecular complexity index is 410. The van der Waals surface area contributed by atoms with Gasteiger partial charge in [-0.25, -0.2) is 4.39 Å². The fourth-order valence-corrected chi connectivity index (χ4v) is 1.46. The maximum Gasteiger partial charge on any atom is 0.292 e. The number of nitrogens with zero attached hydrogens (tertiary/aromatic N) is 2. The molecule has 0 saturated heterocycles. The van der Waals surface area contributed by atoms with Gasteiger partial charge in [-0.05, 0) is 19.4 Å². The lowest BCUT2D eigenvalue weighted by Crippen LogP contribution is -2.22. The summed E-state index contributed by atoms with van der Waals surface area (Å²) in [7, 11) is 1.63. The van der Waals surface area contributed by atoms with Crippen molar-refractivity contribution >= 4 is 11.4 Å². The fourth-order valence-electron chi connectivity index (χ4n) is 1.46. The molecule has 0 aromatic heterocycles. The number of aliphatic hydroxyl groups excluding tert-OH is 1. The molecule has 0 aliphatic heterocycles. The number of rotatable bonds is 5. The SMILES string of the molecule is CC(O)CCN(C)c1cc(F)ccc1[N+](=O)[O-]. The number of anilines is 1. The average Bonchev–Trinajstić information content (AvgIpc) is 2.25. The molecule has 94 valence electrons. The monoisotopic (exact) mass is 242 g/mol. The zero-order chi connectivity index (χ0) is 13.0. The van der Waals surface area contributed by atoms with Gasteiger partial charge in [0.15, 0.2) is 0 Å². The Labute approximate surface area is 98.6 Å². The van der Waals surface area contributed by atoms with Crippen molar-refractivity contribution in [1.82, 2.24) is 0 Å². The van der Waals surface area contributed by atoms with Crippen molar-refractivity contribution < 1.29 is 14.4 Å². The Balaban J connectivity index is 2.94. The minimum atomic E-state index is -0.548. The summed E-state index contributed by atoms with van der Waals surface area (Å²) in [6, 6.07) is 3.33. The Hall–Kier alpha value is -1.69. The van der Waals surface area contributed by atoms with Crippen LogP contribution >= 0.6 is 0 Å². The van der Waals surface area contributed by atoms with Gasteiger partial charge in [0, 0.05) is 25.7 Å². The van der Waals surface area contributed by atoms with Crippen LogP contribution in [0, 0.1) is 15.9 Å². The van der Waals surface area contributed by atoms with Gasteiger partial charge in [-0.2, -0.15) is 0 Å². The smallest absolute Gasteiger partial charge is 0.292 e. The van der Waals surface area contributed by atoms with Gasteiger partial charge < -0.3 is 10.0 Å². The standard InChI is InChI=1S/C11H15FN2O3/c1-8(15)5-6-13(2)11-7-9(12)3-4-10(11)14(16)17/h3-4,7-8,15H,5-6H2,1-2H3. The van der Waals surface area contributed by atoms with Crippen molar-refractivity contribution in [3.8, 4) is 0 Å². The van der Waals surface area contributed by atoms with Crippen molar-refractivity contribution in [2.24, 2.45) is 0 Å². The molecule has 0 amide bonds. The third-order valence-electron chi connectivity index (χ3n) is 2.43. The van der Waals surface area contributed by atoms with Gasteiger partial charge in [0.05, 0.1) is 11.0 Å². The normalized spacial score (nSPS) is 12.2. The van der Waals surface area contributed by atoms with Gasteiger partial charge in [0.1, 0.15) is 11.5 Å². The van der Waals surface area contributed by atoms with Crippen LogP contribution in [0.25, 0.3) is 0 Å². The summed E-state index contributed by atoms with van der Waals surface area (Å²) in [5.74, 6) is -0.519. The highest BCUT2D eigenvalue weighted by atomic mass is 19.1. The van der Waals surface area contributed by atoms with Gasteiger partial charge >= 0.3 is 0 Å². The molecule has 17 heavy (non-hydrogen) atoms. The van der Waals surface area contributed by atoms with Crippen LogP contribution in [0.5, 0.6) is 0 Å². The topological polar surface area (TPSA) is 66.6 Å². The number of nitro groups is 1. The molecule has 1 aromatic rings. The molecule has 0 heterocycles. The van der Waals surface area contributed by atoms with Crippen molar-refractivity contribution in [3.63, 3.8) is 0 Å². The van der Waals surface area contributed by atoms with E-state index < -0.39 is 16.8 Å². The van der Waals surface area contributed by atoms with Gasteiger partial charge in [0.2, 0.25) is 0 Å². The maximum atomic E-state index is 13.1. The Morgan fingerprint density at radius 2 is 2.24 bits per heavy atom. The van der Waals surface area contributed by atoms with E-state index in [2.05, 4.69) is 0 Å². The summed E-state index contributed by atoms with van der Waals surface area (Å²) < 4.78 is 13.1. The lowest BCUT2D eigenvalue weighted by atomic mass is 10.2. The van der Waals surface area contributed by atoms with Crippen LogP contribution in [-0.4, -0.2) is 29.7 Å². The molecule has 0 aliphatic rings. The first-order valence-corrected chi connectivity index (χ1v) is 5.25. The van der Waals surface area contributed by atoms with Gasteiger partial charge in [-0.3, -0.25) is 10.1 Å². The number of halogens is 1. The second kappa shape index (κ2) is 5.58. The predicted molar refractivity (Wildman–Crippen MR) is 62.6 cm³/mol. The summed E-state index contributed by atoms with van der Waals surface area (Å²) in [6.07, 6.45) is -0.0328. The second-order valence-corrected chi connectivity index (χ2v) is 3.95. The zero-order valence-electron chi connectivity index (χ0n) is 9.76. The second-order valence-electron chi connectivity index (χ2n) is 3.95. The average molecular weight is 242 g/mol. The fraction of sp³-hybridized carbons (Fsp3) is 0.455. The van der Waals surface area contributed by atoms with Crippen LogP contribution in [-0.2, 0) is 0 Å². The molecule has 1 rings (SSSR count). The Morgan fingerprint density at radius 1 is 1.59 bits per heavy atom.